The number of hydrogen-bond donors (Lipinski definition) is 2. The molecule has 2 aromatic heterocycles. The van der Waals surface area contributed by atoms with Gasteiger partial charge in [0.25, 0.3) is 5.91 Å². The van der Waals surface area contributed by atoms with Gasteiger partial charge < -0.3 is 10.6 Å². The standard InChI is InChI=1S/C23H19Cl2N5O/c1-14-5-3-4-6-20(14)28-22-21(10-16(11-26-22)17-12-27-30(2)13-17)29-23(31)15-7-8-18(24)19(25)9-15/h3-13H,1-2H3,(H,26,28)(H,29,31). The lowest BCUT2D eigenvalue weighted by Gasteiger charge is -2.15. The molecule has 0 radical (unpaired) electrons. The molecule has 0 saturated carbocycles. The molecule has 0 bridgehead atoms. The number of nitrogens with zero attached hydrogens (tertiary/aromatic N) is 3. The van der Waals surface area contributed by atoms with Crippen molar-refractivity contribution in [3.05, 3.63) is 88.3 Å². The number of halogens is 2. The molecule has 4 rings (SSSR count). The highest BCUT2D eigenvalue weighted by Crippen LogP contribution is 2.30. The van der Waals surface area contributed by atoms with Crippen LogP contribution in [0.4, 0.5) is 17.2 Å². The largest absolute Gasteiger partial charge is 0.338 e. The first-order chi connectivity index (χ1) is 14.9. The minimum Gasteiger partial charge on any atom is -0.338 e. The maximum atomic E-state index is 12.9. The van der Waals surface area contributed by atoms with Crippen LogP contribution in [0.25, 0.3) is 11.1 Å². The summed E-state index contributed by atoms with van der Waals surface area (Å²) in [5.74, 6) is 0.201. The summed E-state index contributed by atoms with van der Waals surface area (Å²) in [5.41, 5.74) is 4.59. The fraction of sp³-hybridized carbons (Fsp3) is 0.0870. The second kappa shape index (κ2) is 8.79. The van der Waals surface area contributed by atoms with Crippen molar-refractivity contribution < 1.29 is 4.79 Å². The average Bonchev–Trinajstić information content (AvgIpc) is 3.19. The van der Waals surface area contributed by atoms with E-state index in [1.54, 1.807) is 29.2 Å². The third-order valence-corrected chi connectivity index (χ3v) is 5.49. The predicted molar refractivity (Wildman–Crippen MR) is 125 cm³/mol. The quantitative estimate of drug-likeness (QED) is 0.384. The van der Waals surface area contributed by atoms with Crippen LogP contribution in [-0.2, 0) is 7.05 Å². The number of para-hydroxylation sites is 1. The highest BCUT2D eigenvalue weighted by Gasteiger charge is 2.14. The number of aryl methyl sites for hydroxylation is 2. The number of amides is 1. The van der Waals surface area contributed by atoms with E-state index in [1.807, 2.05) is 50.5 Å². The number of carbonyl (C=O) groups is 1. The smallest absolute Gasteiger partial charge is 0.255 e. The Balaban J connectivity index is 1.71. The van der Waals surface area contributed by atoms with Crippen molar-refractivity contribution >= 4 is 46.3 Å². The van der Waals surface area contributed by atoms with Crippen LogP contribution in [0, 0.1) is 6.92 Å². The molecule has 2 N–H and O–H groups in total. The van der Waals surface area contributed by atoms with Gasteiger partial charge in [0.2, 0.25) is 0 Å². The van der Waals surface area contributed by atoms with Crippen LogP contribution in [0.15, 0.2) is 67.1 Å². The lowest BCUT2D eigenvalue weighted by atomic mass is 10.1. The highest BCUT2D eigenvalue weighted by atomic mass is 35.5. The van der Waals surface area contributed by atoms with Crippen LogP contribution < -0.4 is 10.6 Å². The summed E-state index contributed by atoms with van der Waals surface area (Å²) in [5, 5.41) is 11.2. The van der Waals surface area contributed by atoms with E-state index in [1.165, 1.54) is 6.07 Å². The molecule has 156 valence electrons. The van der Waals surface area contributed by atoms with Crippen molar-refractivity contribution in [3.63, 3.8) is 0 Å². The Kier molecular flexibility index (Phi) is 5.93. The molecule has 0 unspecified atom stereocenters. The number of benzene rings is 2. The van der Waals surface area contributed by atoms with Crippen LogP contribution >= 0.6 is 23.2 Å². The van der Waals surface area contributed by atoms with Gasteiger partial charge in [-0.2, -0.15) is 5.10 Å². The highest BCUT2D eigenvalue weighted by molar-refractivity contribution is 6.42. The molecule has 31 heavy (non-hydrogen) atoms. The van der Waals surface area contributed by atoms with E-state index in [0.717, 1.165) is 22.4 Å². The summed E-state index contributed by atoms with van der Waals surface area (Å²) in [6, 6.07) is 14.5. The van der Waals surface area contributed by atoms with Crippen molar-refractivity contribution in [2.24, 2.45) is 7.05 Å². The number of hydrogen-bond acceptors (Lipinski definition) is 4. The van der Waals surface area contributed by atoms with Gasteiger partial charge in [-0.15, -0.1) is 0 Å². The van der Waals surface area contributed by atoms with E-state index in [-0.39, 0.29) is 5.91 Å². The summed E-state index contributed by atoms with van der Waals surface area (Å²) in [6.45, 7) is 2.00. The number of pyridine rings is 1. The summed E-state index contributed by atoms with van der Waals surface area (Å²) < 4.78 is 1.71. The van der Waals surface area contributed by atoms with Crippen LogP contribution in [0.5, 0.6) is 0 Å². The zero-order valence-electron chi connectivity index (χ0n) is 16.9. The number of aromatic nitrogens is 3. The molecular weight excluding hydrogens is 433 g/mol. The Morgan fingerprint density at radius 1 is 0.968 bits per heavy atom. The molecule has 2 aromatic carbocycles. The van der Waals surface area contributed by atoms with Crippen LogP contribution in [0.3, 0.4) is 0 Å². The van der Waals surface area contributed by atoms with Gasteiger partial charge >= 0.3 is 0 Å². The summed E-state index contributed by atoms with van der Waals surface area (Å²) in [7, 11) is 1.85. The lowest BCUT2D eigenvalue weighted by Crippen LogP contribution is -2.14. The molecule has 0 spiro atoms. The average molecular weight is 452 g/mol. The second-order valence-electron chi connectivity index (χ2n) is 7.05. The minimum absolute atomic E-state index is 0.315. The minimum atomic E-state index is -0.323. The molecule has 0 saturated heterocycles. The number of nitrogens with one attached hydrogen (secondary N) is 2. The topological polar surface area (TPSA) is 71.8 Å². The van der Waals surface area contributed by atoms with E-state index in [0.29, 0.717) is 27.1 Å². The third kappa shape index (κ3) is 4.71. The predicted octanol–water partition coefficient (Wildman–Crippen LogP) is 6.09. The normalized spacial score (nSPS) is 10.7. The van der Waals surface area contributed by atoms with E-state index in [4.69, 9.17) is 23.2 Å². The Hall–Kier alpha value is -3.35. The number of anilines is 3. The third-order valence-electron chi connectivity index (χ3n) is 4.75. The Bertz CT molecular complexity index is 1270. The van der Waals surface area contributed by atoms with E-state index < -0.39 is 0 Å². The zero-order valence-corrected chi connectivity index (χ0v) is 18.4. The van der Waals surface area contributed by atoms with Crippen molar-refractivity contribution in [2.45, 2.75) is 6.92 Å². The Labute approximate surface area is 189 Å². The zero-order chi connectivity index (χ0) is 22.0. The molecule has 0 aliphatic rings. The molecule has 0 aliphatic heterocycles. The molecule has 2 heterocycles. The van der Waals surface area contributed by atoms with Gasteiger partial charge in [-0.25, -0.2) is 4.98 Å². The monoisotopic (exact) mass is 451 g/mol. The molecular formula is C23H19Cl2N5O. The Morgan fingerprint density at radius 3 is 2.48 bits per heavy atom. The molecule has 1 amide bonds. The van der Waals surface area contributed by atoms with Gasteiger partial charge in [-0.05, 0) is 42.8 Å². The number of carbonyl (C=O) groups excluding carboxylic acids is 1. The van der Waals surface area contributed by atoms with Crippen LogP contribution in [-0.4, -0.2) is 20.7 Å². The van der Waals surface area contributed by atoms with Crippen molar-refractivity contribution in [2.75, 3.05) is 10.6 Å². The van der Waals surface area contributed by atoms with Gasteiger partial charge in [0, 0.05) is 41.8 Å². The van der Waals surface area contributed by atoms with Gasteiger partial charge in [0.1, 0.15) is 0 Å². The van der Waals surface area contributed by atoms with Crippen LogP contribution in [0.1, 0.15) is 15.9 Å². The maximum Gasteiger partial charge on any atom is 0.255 e. The van der Waals surface area contributed by atoms with Gasteiger partial charge in [-0.1, -0.05) is 41.4 Å². The van der Waals surface area contributed by atoms with Gasteiger partial charge in [-0.3, -0.25) is 9.48 Å². The molecule has 0 atom stereocenters. The molecule has 0 fully saturated rings. The van der Waals surface area contributed by atoms with Gasteiger partial charge in [0.05, 0.1) is 21.9 Å². The van der Waals surface area contributed by atoms with Crippen molar-refractivity contribution in [1.29, 1.82) is 0 Å². The Morgan fingerprint density at radius 2 is 1.77 bits per heavy atom. The summed E-state index contributed by atoms with van der Waals surface area (Å²) in [4.78, 5) is 17.5. The number of rotatable bonds is 5. The lowest BCUT2D eigenvalue weighted by molar-refractivity contribution is 0.102. The van der Waals surface area contributed by atoms with E-state index >= 15 is 0 Å². The van der Waals surface area contributed by atoms with E-state index in [2.05, 4.69) is 20.7 Å². The second-order valence-corrected chi connectivity index (χ2v) is 7.86. The molecule has 4 aromatic rings. The van der Waals surface area contributed by atoms with E-state index in [9.17, 15) is 4.79 Å². The first-order valence-electron chi connectivity index (χ1n) is 9.49. The molecule has 8 heteroatoms. The SMILES string of the molecule is Cc1ccccc1Nc1ncc(-c2cnn(C)c2)cc1NC(=O)c1ccc(Cl)c(Cl)c1. The summed E-state index contributed by atoms with van der Waals surface area (Å²) in [6.07, 6.45) is 5.37. The fourth-order valence-electron chi connectivity index (χ4n) is 3.06. The fourth-order valence-corrected chi connectivity index (χ4v) is 3.36. The van der Waals surface area contributed by atoms with Gasteiger partial charge in [0.15, 0.2) is 5.82 Å². The first kappa shape index (κ1) is 20.9. The maximum absolute atomic E-state index is 12.9. The van der Waals surface area contributed by atoms with Crippen LogP contribution in [0.2, 0.25) is 10.0 Å². The molecule has 6 nitrogen and oxygen atoms in total. The van der Waals surface area contributed by atoms with Crippen molar-refractivity contribution in [1.82, 2.24) is 14.8 Å². The molecule has 0 aliphatic carbocycles. The first-order valence-corrected chi connectivity index (χ1v) is 10.2. The summed E-state index contributed by atoms with van der Waals surface area (Å²) >= 11 is 12.1. The van der Waals surface area contributed by atoms with Crippen molar-refractivity contribution in [3.8, 4) is 11.1 Å².